The number of nitrogens with two attached hydrogens (primary N) is 1. The van der Waals surface area contributed by atoms with E-state index in [1.807, 2.05) is 24.1 Å². The number of aromatic nitrogens is 1. The maximum atomic E-state index is 8.83. The van der Waals surface area contributed by atoms with Crippen molar-refractivity contribution in [3.63, 3.8) is 0 Å². The molecule has 0 aromatic carbocycles. The van der Waals surface area contributed by atoms with Gasteiger partial charge in [0.05, 0.1) is 6.61 Å². The van der Waals surface area contributed by atoms with Crippen LogP contribution in [0.1, 0.15) is 24.9 Å². The Kier molecular flexibility index (Phi) is 4.52. The van der Waals surface area contributed by atoms with E-state index in [-0.39, 0.29) is 12.6 Å². The molecule has 4 nitrogen and oxygen atoms in total. The second-order valence-corrected chi connectivity index (χ2v) is 3.61. The van der Waals surface area contributed by atoms with Gasteiger partial charge in [-0.1, -0.05) is 6.92 Å². The monoisotopic (exact) mass is 209 g/mol. The van der Waals surface area contributed by atoms with Crippen LogP contribution in [0.5, 0.6) is 0 Å². The molecule has 1 atom stereocenters. The number of pyridine rings is 1. The molecule has 84 valence electrons. The van der Waals surface area contributed by atoms with Gasteiger partial charge in [0.2, 0.25) is 0 Å². The lowest BCUT2D eigenvalue weighted by atomic mass is 10.1. The van der Waals surface area contributed by atoms with Crippen molar-refractivity contribution in [2.45, 2.75) is 19.4 Å². The Morgan fingerprint density at radius 2 is 2.33 bits per heavy atom. The van der Waals surface area contributed by atoms with Gasteiger partial charge in [-0.2, -0.15) is 0 Å². The summed E-state index contributed by atoms with van der Waals surface area (Å²) >= 11 is 0. The Morgan fingerprint density at radius 1 is 1.60 bits per heavy atom. The molecule has 0 spiro atoms. The number of hydrogen-bond donors (Lipinski definition) is 2. The van der Waals surface area contributed by atoms with Gasteiger partial charge in [-0.3, -0.25) is 0 Å². The van der Waals surface area contributed by atoms with Gasteiger partial charge in [-0.15, -0.1) is 0 Å². The SMILES string of the molecule is CC[C@H](N)c1ccnc(N(C)CCO)c1. The topological polar surface area (TPSA) is 62.4 Å². The Bertz CT molecular complexity index is 304. The summed E-state index contributed by atoms with van der Waals surface area (Å²) < 4.78 is 0. The number of likely N-dealkylation sites (N-methyl/N-ethyl adjacent to an activating group) is 1. The quantitative estimate of drug-likeness (QED) is 0.757. The van der Waals surface area contributed by atoms with Crippen LogP contribution in [-0.2, 0) is 0 Å². The van der Waals surface area contributed by atoms with Crippen LogP contribution in [0.15, 0.2) is 18.3 Å². The van der Waals surface area contributed by atoms with E-state index in [1.165, 1.54) is 0 Å². The molecule has 1 heterocycles. The lowest BCUT2D eigenvalue weighted by Gasteiger charge is -2.18. The largest absolute Gasteiger partial charge is 0.395 e. The highest BCUT2D eigenvalue weighted by molar-refractivity contribution is 5.40. The number of hydrogen-bond acceptors (Lipinski definition) is 4. The van der Waals surface area contributed by atoms with Crippen LogP contribution in [0.3, 0.4) is 0 Å². The maximum absolute atomic E-state index is 8.83. The molecule has 0 amide bonds. The Hall–Kier alpha value is -1.13. The van der Waals surface area contributed by atoms with Gasteiger partial charge in [-0.25, -0.2) is 4.98 Å². The summed E-state index contributed by atoms with van der Waals surface area (Å²) in [5.74, 6) is 0.852. The van der Waals surface area contributed by atoms with Crippen LogP contribution in [0.2, 0.25) is 0 Å². The van der Waals surface area contributed by atoms with Crippen molar-refractivity contribution in [1.82, 2.24) is 4.98 Å². The molecule has 1 aromatic heterocycles. The van der Waals surface area contributed by atoms with Crippen molar-refractivity contribution < 1.29 is 5.11 Å². The predicted octanol–water partition coefficient (Wildman–Crippen LogP) is 0.920. The average Bonchev–Trinajstić information content (AvgIpc) is 2.28. The average molecular weight is 209 g/mol. The summed E-state index contributed by atoms with van der Waals surface area (Å²) in [4.78, 5) is 6.14. The first-order chi connectivity index (χ1) is 7.19. The lowest BCUT2D eigenvalue weighted by molar-refractivity contribution is 0.304. The minimum Gasteiger partial charge on any atom is -0.395 e. The van der Waals surface area contributed by atoms with E-state index >= 15 is 0 Å². The number of rotatable bonds is 5. The van der Waals surface area contributed by atoms with Gasteiger partial charge in [0.25, 0.3) is 0 Å². The zero-order chi connectivity index (χ0) is 11.3. The molecular weight excluding hydrogens is 190 g/mol. The molecular formula is C11H19N3O. The van der Waals surface area contributed by atoms with Crippen LogP contribution in [0.25, 0.3) is 0 Å². The standard InChI is InChI=1S/C11H19N3O/c1-3-10(12)9-4-5-13-11(8-9)14(2)6-7-15/h4-5,8,10,15H,3,6-7,12H2,1-2H3/t10-/m0/s1. The maximum Gasteiger partial charge on any atom is 0.128 e. The van der Waals surface area contributed by atoms with E-state index in [2.05, 4.69) is 11.9 Å². The first-order valence-corrected chi connectivity index (χ1v) is 5.22. The molecule has 15 heavy (non-hydrogen) atoms. The third kappa shape index (κ3) is 3.18. The molecule has 0 aliphatic heterocycles. The van der Waals surface area contributed by atoms with Crippen molar-refractivity contribution in [1.29, 1.82) is 0 Å². The summed E-state index contributed by atoms with van der Waals surface area (Å²) in [6, 6.07) is 3.98. The molecule has 0 unspecified atom stereocenters. The van der Waals surface area contributed by atoms with Crippen molar-refractivity contribution in [3.8, 4) is 0 Å². The van der Waals surface area contributed by atoms with Gasteiger partial charge < -0.3 is 15.7 Å². The summed E-state index contributed by atoms with van der Waals surface area (Å²) in [7, 11) is 1.90. The minimum atomic E-state index is 0.0641. The van der Waals surface area contributed by atoms with E-state index in [0.29, 0.717) is 6.54 Å². The molecule has 1 aromatic rings. The smallest absolute Gasteiger partial charge is 0.128 e. The van der Waals surface area contributed by atoms with E-state index in [1.54, 1.807) is 6.20 Å². The Labute approximate surface area is 90.7 Å². The van der Waals surface area contributed by atoms with Crippen molar-refractivity contribution >= 4 is 5.82 Å². The number of aliphatic hydroxyl groups is 1. The highest BCUT2D eigenvalue weighted by Gasteiger charge is 2.06. The summed E-state index contributed by atoms with van der Waals surface area (Å²) in [5.41, 5.74) is 7.03. The normalized spacial score (nSPS) is 12.5. The Morgan fingerprint density at radius 3 is 2.93 bits per heavy atom. The molecule has 0 aliphatic rings. The van der Waals surface area contributed by atoms with E-state index in [4.69, 9.17) is 10.8 Å². The molecule has 0 bridgehead atoms. The summed E-state index contributed by atoms with van der Waals surface area (Å²) in [6.07, 6.45) is 2.67. The van der Waals surface area contributed by atoms with Gasteiger partial charge >= 0.3 is 0 Å². The van der Waals surface area contributed by atoms with Crippen molar-refractivity contribution in [2.24, 2.45) is 5.73 Å². The predicted molar refractivity (Wildman–Crippen MR) is 61.8 cm³/mol. The zero-order valence-corrected chi connectivity index (χ0v) is 9.35. The molecule has 0 fully saturated rings. The fourth-order valence-corrected chi connectivity index (χ4v) is 1.37. The number of anilines is 1. The second kappa shape index (κ2) is 5.68. The van der Waals surface area contributed by atoms with Crippen LogP contribution in [-0.4, -0.2) is 30.3 Å². The summed E-state index contributed by atoms with van der Waals surface area (Å²) in [6.45, 7) is 2.77. The van der Waals surface area contributed by atoms with Crippen molar-refractivity contribution in [3.05, 3.63) is 23.9 Å². The highest BCUT2D eigenvalue weighted by Crippen LogP contribution is 2.17. The van der Waals surface area contributed by atoms with E-state index < -0.39 is 0 Å². The van der Waals surface area contributed by atoms with Gasteiger partial charge in [0.1, 0.15) is 5.82 Å². The van der Waals surface area contributed by atoms with E-state index in [9.17, 15) is 0 Å². The zero-order valence-electron chi connectivity index (χ0n) is 9.35. The first-order valence-electron chi connectivity index (χ1n) is 5.22. The van der Waals surface area contributed by atoms with Crippen LogP contribution < -0.4 is 10.6 Å². The van der Waals surface area contributed by atoms with Crippen LogP contribution in [0.4, 0.5) is 5.82 Å². The molecule has 1 rings (SSSR count). The minimum absolute atomic E-state index is 0.0641. The molecule has 3 N–H and O–H groups in total. The van der Waals surface area contributed by atoms with Crippen molar-refractivity contribution in [2.75, 3.05) is 25.1 Å². The van der Waals surface area contributed by atoms with Gasteiger partial charge in [-0.05, 0) is 24.1 Å². The fourth-order valence-electron chi connectivity index (χ4n) is 1.37. The second-order valence-electron chi connectivity index (χ2n) is 3.61. The van der Waals surface area contributed by atoms with Crippen LogP contribution >= 0.6 is 0 Å². The fraction of sp³-hybridized carbons (Fsp3) is 0.545. The van der Waals surface area contributed by atoms with E-state index in [0.717, 1.165) is 17.8 Å². The first kappa shape index (κ1) is 11.9. The molecule has 0 saturated carbocycles. The number of nitrogens with zero attached hydrogens (tertiary/aromatic N) is 2. The number of aliphatic hydroxyl groups excluding tert-OH is 1. The third-order valence-electron chi connectivity index (χ3n) is 2.46. The highest BCUT2D eigenvalue weighted by atomic mass is 16.3. The third-order valence-corrected chi connectivity index (χ3v) is 2.46. The van der Waals surface area contributed by atoms with Gasteiger partial charge in [0.15, 0.2) is 0 Å². The van der Waals surface area contributed by atoms with Crippen LogP contribution in [0, 0.1) is 0 Å². The van der Waals surface area contributed by atoms with Gasteiger partial charge in [0, 0.05) is 25.8 Å². The molecule has 4 heteroatoms. The molecule has 0 saturated heterocycles. The molecule has 0 radical (unpaired) electrons. The lowest BCUT2D eigenvalue weighted by Crippen LogP contribution is -2.22. The summed E-state index contributed by atoms with van der Waals surface area (Å²) in [5, 5.41) is 8.83. The Balaban J connectivity index is 2.82. The molecule has 0 aliphatic carbocycles.